The van der Waals surface area contributed by atoms with Crippen LogP contribution in [0.5, 0.6) is 0 Å². The van der Waals surface area contributed by atoms with Gasteiger partial charge in [-0.3, -0.25) is 0 Å². The Bertz CT molecular complexity index is 90.1. The third kappa shape index (κ3) is 11.8. The molecule has 0 aromatic heterocycles. The summed E-state index contributed by atoms with van der Waals surface area (Å²) in [6.45, 7) is 8.39. The number of methoxy groups -OCH3 is 1. The molecule has 2 N–H and O–H groups in total. The van der Waals surface area contributed by atoms with E-state index in [-0.39, 0.29) is 0 Å². The summed E-state index contributed by atoms with van der Waals surface area (Å²) in [4.78, 5) is 0. The minimum atomic E-state index is 0.681. The topological polar surface area (TPSA) is 42.5 Å². The molecule has 86 valence electrons. The van der Waals surface area contributed by atoms with Crippen LogP contribution in [0.4, 0.5) is 0 Å². The smallest absolute Gasteiger partial charge is 0.0700 e. The molecule has 0 unspecified atom stereocenters. The highest BCUT2D eigenvalue weighted by Crippen LogP contribution is 1.76. The maximum Gasteiger partial charge on any atom is 0.0700 e. The molecular formula is C10H24N2O2. The van der Waals surface area contributed by atoms with E-state index in [2.05, 4.69) is 17.6 Å². The third-order valence-corrected chi connectivity index (χ3v) is 1.81. The lowest BCUT2D eigenvalue weighted by molar-refractivity contribution is 0.0720. The van der Waals surface area contributed by atoms with Crippen molar-refractivity contribution in [3.05, 3.63) is 0 Å². The molecule has 0 atom stereocenters. The van der Waals surface area contributed by atoms with Crippen LogP contribution in [-0.2, 0) is 9.47 Å². The summed E-state index contributed by atoms with van der Waals surface area (Å²) < 4.78 is 10.2. The Labute approximate surface area is 87.4 Å². The van der Waals surface area contributed by atoms with Gasteiger partial charge in [-0.05, 0) is 26.1 Å². The normalized spacial score (nSPS) is 10.7. The van der Waals surface area contributed by atoms with Crippen LogP contribution in [0.2, 0.25) is 0 Å². The second kappa shape index (κ2) is 12.8. The molecule has 0 fully saturated rings. The van der Waals surface area contributed by atoms with Crippen LogP contribution in [0.15, 0.2) is 0 Å². The van der Waals surface area contributed by atoms with Gasteiger partial charge in [-0.1, -0.05) is 6.92 Å². The number of nitrogens with one attached hydrogen (secondary N) is 2. The standard InChI is InChI=1S/C10H24N2O2/c1-3-11-5-4-6-12-7-8-14-10-9-13-2/h11-12H,3-10H2,1-2H3. The predicted octanol–water partition coefficient (Wildman–Crippen LogP) is 0.239. The quantitative estimate of drug-likeness (QED) is 0.473. The zero-order valence-electron chi connectivity index (χ0n) is 9.47. The van der Waals surface area contributed by atoms with Crippen molar-refractivity contribution < 1.29 is 9.47 Å². The van der Waals surface area contributed by atoms with Gasteiger partial charge < -0.3 is 20.1 Å². The van der Waals surface area contributed by atoms with Crippen LogP contribution in [-0.4, -0.2) is 53.1 Å². The van der Waals surface area contributed by atoms with Crippen LogP contribution in [0.25, 0.3) is 0 Å². The van der Waals surface area contributed by atoms with Gasteiger partial charge in [0.15, 0.2) is 0 Å². The van der Waals surface area contributed by atoms with E-state index in [1.54, 1.807) is 7.11 Å². The van der Waals surface area contributed by atoms with Crippen LogP contribution >= 0.6 is 0 Å². The first-order chi connectivity index (χ1) is 6.91. The van der Waals surface area contributed by atoms with E-state index in [4.69, 9.17) is 9.47 Å². The Kier molecular flexibility index (Phi) is 12.7. The Morgan fingerprint density at radius 3 is 2.43 bits per heavy atom. The Hall–Kier alpha value is -0.160. The van der Waals surface area contributed by atoms with Gasteiger partial charge in [0.05, 0.1) is 19.8 Å². The van der Waals surface area contributed by atoms with Gasteiger partial charge >= 0.3 is 0 Å². The van der Waals surface area contributed by atoms with Crippen molar-refractivity contribution in [2.24, 2.45) is 0 Å². The summed E-state index contributed by atoms with van der Waals surface area (Å²) in [6, 6.07) is 0. The molecule has 4 heteroatoms. The highest BCUT2D eigenvalue weighted by Gasteiger charge is 1.89. The van der Waals surface area contributed by atoms with Crippen LogP contribution in [0, 0.1) is 0 Å². The Morgan fingerprint density at radius 1 is 0.929 bits per heavy atom. The zero-order valence-corrected chi connectivity index (χ0v) is 9.47. The number of hydrogen-bond acceptors (Lipinski definition) is 4. The van der Waals surface area contributed by atoms with Gasteiger partial charge in [0, 0.05) is 13.7 Å². The maximum atomic E-state index is 5.30. The molecular weight excluding hydrogens is 180 g/mol. The molecule has 0 aromatic rings. The van der Waals surface area contributed by atoms with Gasteiger partial charge in [-0.2, -0.15) is 0 Å². The van der Waals surface area contributed by atoms with E-state index in [1.165, 1.54) is 6.42 Å². The summed E-state index contributed by atoms with van der Waals surface area (Å²) in [5, 5.41) is 6.59. The molecule has 4 nitrogen and oxygen atoms in total. The van der Waals surface area contributed by atoms with Gasteiger partial charge in [0.1, 0.15) is 0 Å². The molecule has 0 aromatic carbocycles. The van der Waals surface area contributed by atoms with Gasteiger partial charge in [0.25, 0.3) is 0 Å². The summed E-state index contributed by atoms with van der Waals surface area (Å²) in [6.07, 6.45) is 1.17. The van der Waals surface area contributed by atoms with Crippen molar-refractivity contribution in [1.29, 1.82) is 0 Å². The molecule has 0 radical (unpaired) electrons. The highest BCUT2D eigenvalue weighted by atomic mass is 16.5. The van der Waals surface area contributed by atoms with E-state index in [0.717, 1.165) is 32.8 Å². The predicted molar refractivity (Wildman–Crippen MR) is 58.7 cm³/mol. The SMILES string of the molecule is CCNCCCNCCOCCOC. The average molecular weight is 204 g/mol. The fourth-order valence-corrected chi connectivity index (χ4v) is 1.03. The molecule has 0 saturated carbocycles. The lowest BCUT2D eigenvalue weighted by Crippen LogP contribution is -2.25. The van der Waals surface area contributed by atoms with Gasteiger partial charge in [-0.25, -0.2) is 0 Å². The Morgan fingerprint density at radius 2 is 1.71 bits per heavy atom. The van der Waals surface area contributed by atoms with Gasteiger partial charge in [-0.15, -0.1) is 0 Å². The summed E-state index contributed by atoms with van der Waals surface area (Å²) in [5.74, 6) is 0. The lowest BCUT2D eigenvalue weighted by atomic mass is 10.4. The minimum absolute atomic E-state index is 0.681. The van der Waals surface area contributed by atoms with E-state index in [1.807, 2.05) is 0 Å². The molecule has 0 saturated heterocycles. The fraction of sp³-hybridized carbons (Fsp3) is 1.00. The van der Waals surface area contributed by atoms with Crippen LogP contribution in [0.1, 0.15) is 13.3 Å². The molecule has 0 bridgehead atoms. The molecule has 0 heterocycles. The second-order valence-corrected chi connectivity index (χ2v) is 3.06. The average Bonchev–Trinajstić information content (AvgIpc) is 2.21. The van der Waals surface area contributed by atoms with Crippen molar-refractivity contribution >= 4 is 0 Å². The summed E-state index contributed by atoms with van der Waals surface area (Å²) in [5.41, 5.74) is 0. The monoisotopic (exact) mass is 204 g/mol. The van der Waals surface area contributed by atoms with Gasteiger partial charge in [0.2, 0.25) is 0 Å². The highest BCUT2D eigenvalue weighted by molar-refractivity contribution is 4.49. The molecule has 14 heavy (non-hydrogen) atoms. The molecule has 0 aliphatic carbocycles. The number of ether oxygens (including phenoxy) is 2. The lowest BCUT2D eigenvalue weighted by Gasteiger charge is -2.05. The van der Waals surface area contributed by atoms with E-state index < -0.39 is 0 Å². The maximum absolute atomic E-state index is 5.30. The first-order valence-corrected chi connectivity index (χ1v) is 5.40. The minimum Gasteiger partial charge on any atom is -0.382 e. The van der Waals surface area contributed by atoms with Crippen LogP contribution in [0.3, 0.4) is 0 Å². The van der Waals surface area contributed by atoms with Crippen molar-refractivity contribution in [1.82, 2.24) is 10.6 Å². The first kappa shape index (κ1) is 13.8. The molecule has 0 spiro atoms. The van der Waals surface area contributed by atoms with Crippen LogP contribution < -0.4 is 10.6 Å². The third-order valence-electron chi connectivity index (χ3n) is 1.81. The van der Waals surface area contributed by atoms with Crippen molar-refractivity contribution in [3.8, 4) is 0 Å². The first-order valence-electron chi connectivity index (χ1n) is 5.40. The van der Waals surface area contributed by atoms with Crippen molar-refractivity contribution in [2.45, 2.75) is 13.3 Å². The molecule has 0 rings (SSSR count). The van der Waals surface area contributed by atoms with E-state index in [0.29, 0.717) is 13.2 Å². The largest absolute Gasteiger partial charge is 0.382 e. The summed E-state index contributed by atoms with van der Waals surface area (Å²) >= 11 is 0. The number of hydrogen-bond donors (Lipinski definition) is 2. The van der Waals surface area contributed by atoms with E-state index in [9.17, 15) is 0 Å². The zero-order chi connectivity index (χ0) is 10.5. The van der Waals surface area contributed by atoms with Crippen molar-refractivity contribution in [3.63, 3.8) is 0 Å². The molecule has 0 aliphatic rings. The molecule has 0 aliphatic heterocycles. The molecule has 0 amide bonds. The number of rotatable bonds is 11. The Balaban J connectivity index is 2.78. The van der Waals surface area contributed by atoms with E-state index >= 15 is 0 Å². The summed E-state index contributed by atoms with van der Waals surface area (Å²) in [7, 11) is 1.68. The fourth-order valence-electron chi connectivity index (χ4n) is 1.03. The second-order valence-electron chi connectivity index (χ2n) is 3.06. The van der Waals surface area contributed by atoms with Crippen molar-refractivity contribution in [2.75, 3.05) is 53.1 Å².